The molecule has 0 spiro atoms. The standard InChI is InChI=1S/C25H37F2N7O2S/c1-17(2)16-37(35,36)31-22-7-6-20(26)24(23(22)27)34(29)15-21(28)18-12-19(14-30-13-18)32-8-10-33(11-9-32)25(3,4)5/h6-7,12-15,17,31H,8-11,16,28-29H2,1-5H3/b21-15-. The Labute approximate surface area is 218 Å². The van der Waals surface area contributed by atoms with Crippen LogP contribution in [0.3, 0.4) is 0 Å². The van der Waals surface area contributed by atoms with Gasteiger partial charge in [-0.15, -0.1) is 0 Å². The first-order valence-electron chi connectivity index (χ1n) is 12.1. The number of anilines is 3. The highest BCUT2D eigenvalue weighted by molar-refractivity contribution is 7.92. The van der Waals surface area contributed by atoms with Crippen molar-refractivity contribution in [3.05, 3.63) is 54.0 Å². The lowest BCUT2D eigenvalue weighted by Gasteiger charge is -2.43. The Kier molecular flexibility index (Phi) is 8.66. The molecule has 2 aromatic rings. The van der Waals surface area contributed by atoms with Crippen molar-refractivity contribution in [2.75, 3.05) is 46.6 Å². The summed E-state index contributed by atoms with van der Waals surface area (Å²) >= 11 is 0. The molecule has 0 radical (unpaired) electrons. The third kappa shape index (κ3) is 7.30. The smallest absolute Gasteiger partial charge is 0.233 e. The molecule has 1 fully saturated rings. The van der Waals surface area contributed by atoms with E-state index in [0.29, 0.717) is 10.6 Å². The zero-order valence-electron chi connectivity index (χ0n) is 22.0. The van der Waals surface area contributed by atoms with Crippen LogP contribution in [0, 0.1) is 17.6 Å². The van der Waals surface area contributed by atoms with Gasteiger partial charge in [-0.1, -0.05) is 13.8 Å². The van der Waals surface area contributed by atoms with E-state index in [1.807, 2.05) is 6.07 Å². The molecule has 0 atom stereocenters. The van der Waals surface area contributed by atoms with Crippen LogP contribution >= 0.6 is 0 Å². The lowest BCUT2D eigenvalue weighted by Crippen LogP contribution is -2.53. The molecule has 1 saturated heterocycles. The Morgan fingerprint density at radius 1 is 1.19 bits per heavy atom. The van der Waals surface area contributed by atoms with Gasteiger partial charge in [-0.2, -0.15) is 0 Å². The Hall–Kier alpha value is -2.96. The maximum Gasteiger partial charge on any atom is 0.233 e. The summed E-state index contributed by atoms with van der Waals surface area (Å²) in [7, 11) is -3.83. The van der Waals surface area contributed by atoms with Crippen molar-refractivity contribution in [3.8, 4) is 0 Å². The minimum absolute atomic E-state index is 0.0971. The van der Waals surface area contributed by atoms with Crippen LogP contribution in [0.5, 0.6) is 0 Å². The molecule has 1 aromatic carbocycles. The highest BCUT2D eigenvalue weighted by atomic mass is 32.2. The van der Waals surface area contributed by atoms with E-state index in [9.17, 15) is 12.8 Å². The van der Waals surface area contributed by atoms with E-state index in [-0.39, 0.29) is 22.9 Å². The first-order chi connectivity index (χ1) is 17.2. The monoisotopic (exact) mass is 537 g/mol. The summed E-state index contributed by atoms with van der Waals surface area (Å²) in [6.45, 7) is 13.5. The van der Waals surface area contributed by atoms with Crippen molar-refractivity contribution in [1.29, 1.82) is 0 Å². The third-order valence-corrected chi connectivity index (χ3v) is 7.71. The number of nitrogens with two attached hydrogens (primary N) is 2. The molecule has 0 unspecified atom stereocenters. The van der Waals surface area contributed by atoms with Gasteiger partial charge in [0.2, 0.25) is 10.0 Å². The van der Waals surface area contributed by atoms with Crippen molar-refractivity contribution in [2.24, 2.45) is 17.5 Å². The molecular weight excluding hydrogens is 500 g/mol. The van der Waals surface area contributed by atoms with Gasteiger partial charge in [0.15, 0.2) is 11.6 Å². The molecule has 1 aromatic heterocycles. The van der Waals surface area contributed by atoms with Crippen LogP contribution in [0.2, 0.25) is 0 Å². The molecule has 204 valence electrons. The van der Waals surface area contributed by atoms with Gasteiger partial charge in [0, 0.05) is 49.7 Å². The number of nitrogens with one attached hydrogen (secondary N) is 1. The summed E-state index contributed by atoms with van der Waals surface area (Å²) < 4.78 is 56.4. The van der Waals surface area contributed by atoms with Gasteiger partial charge in [-0.25, -0.2) is 23.0 Å². The molecule has 0 aliphatic carbocycles. The van der Waals surface area contributed by atoms with Crippen LogP contribution in [0.25, 0.3) is 5.70 Å². The summed E-state index contributed by atoms with van der Waals surface area (Å²) in [5, 5.41) is 0.703. The maximum absolute atomic E-state index is 15.1. The second-order valence-corrected chi connectivity index (χ2v) is 12.4. The molecule has 3 rings (SSSR count). The van der Waals surface area contributed by atoms with E-state index >= 15 is 4.39 Å². The van der Waals surface area contributed by atoms with E-state index in [4.69, 9.17) is 11.6 Å². The van der Waals surface area contributed by atoms with Gasteiger partial charge in [0.05, 0.1) is 29.0 Å². The van der Waals surface area contributed by atoms with Gasteiger partial charge in [0.25, 0.3) is 0 Å². The minimum Gasteiger partial charge on any atom is -0.397 e. The van der Waals surface area contributed by atoms with Crippen molar-refractivity contribution >= 4 is 32.8 Å². The Bertz CT molecular complexity index is 1240. The lowest BCUT2D eigenvalue weighted by molar-refractivity contribution is 0.128. The number of aromatic nitrogens is 1. The molecule has 12 heteroatoms. The fourth-order valence-electron chi connectivity index (χ4n) is 4.19. The highest BCUT2D eigenvalue weighted by Crippen LogP contribution is 2.30. The molecular formula is C25H37F2N7O2S. The molecule has 2 heterocycles. The van der Waals surface area contributed by atoms with E-state index in [0.717, 1.165) is 44.0 Å². The zero-order chi connectivity index (χ0) is 27.5. The summed E-state index contributed by atoms with van der Waals surface area (Å²) in [5.74, 6) is 3.45. The molecule has 37 heavy (non-hydrogen) atoms. The first-order valence-corrected chi connectivity index (χ1v) is 13.8. The van der Waals surface area contributed by atoms with Crippen molar-refractivity contribution in [1.82, 2.24) is 9.88 Å². The molecule has 5 N–H and O–H groups in total. The zero-order valence-corrected chi connectivity index (χ0v) is 22.8. The molecule has 1 aliphatic rings. The van der Waals surface area contributed by atoms with E-state index in [1.54, 1.807) is 20.0 Å². The fraction of sp³-hybridized carbons (Fsp3) is 0.480. The number of hydrazine groups is 1. The summed E-state index contributed by atoms with van der Waals surface area (Å²) in [6, 6.07) is 3.80. The highest BCUT2D eigenvalue weighted by Gasteiger charge is 2.26. The number of sulfonamides is 1. The van der Waals surface area contributed by atoms with Gasteiger partial charge < -0.3 is 10.6 Å². The van der Waals surface area contributed by atoms with Crippen LogP contribution in [-0.4, -0.2) is 55.8 Å². The fourth-order valence-corrected chi connectivity index (χ4v) is 5.64. The lowest BCUT2D eigenvalue weighted by atomic mass is 10.0. The van der Waals surface area contributed by atoms with Crippen molar-refractivity contribution in [3.63, 3.8) is 0 Å². The van der Waals surface area contributed by atoms with Crippen LogP contribution in [0.4, 0.5) is 25.8 Å². The number of benzene rings is 1. The number of halogens is 2. The first kappa shape index (κ1) is 28.6. The quantitative estimate of drug-likeness (QED) is 0.347. The topological polar surface area (TPSA) is 121 Å². The van der Waals surface area contributed by atoms with Crippen LogP contribution < -0.4 is 26.2 Å². The van der Waals surface area contributed by atoms with Crippen molar-refractivity contribution < 1.29 is 17.2 Å². The van der Waals surface area contributed by atoms with Gasteiger partial charge >= 0.3 is 0 Å². The number of pyridine rings is 1. The van der Waals surface area contributed by atoms with Crippen LogP contribution in [0.15, 0.2) is 36.8 Å². The number of rotatable bonds is 8. The molecule has 9 nitrogen and oxygen atoms in total. The SMILES string of the molecule is CC(C)CS(=O)(=O)Nc1ccc(F)c(N(N)/C=C(\N)c2cncc(N3CCN(C(C)(C)C)CC3)c2)c1F. The second-order valence-electron chi connectivity index (χ2n) is 10.6. The Balaban J connectivity index is 1.81. The minimum atomic E-state index is -3.83. The van der Waals surface area contributed by atoms with Gasteiger partial charge in [-0.3, -0.25) is 19.6 Å². The molecule has 1 aliphatic heterocycles. The summed E-state index contributed by atoms with van der Waals surface area (Å²) in [6.07, 6.45) is 4.46. The number of hydrogen-bond acceptors (Lipinski definition) is 8. The second kappa shape index (κ2) is 11.2. The van der Waals surface area contributed by atoms with Crippen LogP contribution in [-0.2, 0) is 10.0 Å². The molecule has 0 amide bonds. The van der Waals surface area contributed by atoms with Crippen molar-refractivity contribution in [2.45, 2.75) is 40.2 Å². The average Bonchev–Trinajstić information content (AvgIpc) is 2.79. The average molecular weight is 538 g/mol. The van der Waals surface area contributed by atoms with E-state index in [1.165, 1.54) is 12.4 Å². The van der Waals surface area contributed by atoms with E-state index in [2.05, 4.69) is 40.3 Å². The van der Waals surface area contributed by atoms with Crippen LogP contribution in [0.1, 0.15) is 40.2 Å². The van der Waals surface area contributed by atoms with Gasteiger partial charge in [0.1, 0.15) is 5.69 Å². The molecule has 0 bridgehead atoms. The number of nitrogens with zero attached hydrogens (tertiary/aromatic N) is 4. The maximum atomic E-state index is 15.1. The summed E-state index contributed by atoms with van der Waals surface area (Å²) in [4.78, 5) is 8.91. The Morgan fingerprint density at radius 3 is 2.43 bits per heavy atom. The molecule has 0 saturated carbocycles. The van der Waals surface area contributed by atoms with E-state index < -0.39 is 33.0 Å². The normalized spacial score (nSPS) is 15.8. The largest absolute Gasteiger partial charge is 0.397 e. The Morgan fingerprint density at radius 2 is 1.84 bits per heavy atom. The predicted octanol–water partition coefficient (Wildman–Crippen LogP) is 3.32. The van der Waals surface area contributed by atoms with Gasteiger partial charge in [-0.05, 0) is 44.9 Å². The number of piperazine rings is 1. The third-order valence-electron chi connectivity index (χ3n) is 6.07. The number of hydrogen-bond donors (Lipinski definition) is 3. The summed E-state index contributed by atoms with van der Waals surface area (Å²) in [5.41, 5.74) is 6.81. The predicted molar refractivity (Wildman–Crippen MR) is 145 cm³/mol.